The molecule has 33 heavy (non-hydrogen) atoms. The molecule has 0 saturated carbocycles. The highest BCUT2D eigenvalue weighted by Crippen LogP contribution is 2.28. The highest BCUT2D eigenvalue weighted by atomic mass is 16.5. The normalized spacial score (nSPS) is 19.2. The van der Waals surface area contributed by atoms with E-state index < -0.39 is 0 Å². The first kappa shape index (κ1) is 24.0. The molecule has 0 spiro atoms. The third-order valence-corrected chi connectivity index (χ3v) is 7.05. The minimum absolute atomic E-state index is 0.0225. The van der Waals surface area contributed by atoms with Crippen LogP contribution in [0.5, 0.6) is 6.01 Å². The predicted octanol–water partition coefficient (Wildman–Crippen LogP) is 3.52. The molecule has 2 aromatic heterocycles. The second-order valence-corrected chi connectivity index (χ2v) is 9.57. The molecule has 4 heterocycles. The maximum atomic E-state index is 13.1. The largest absolute Gasteiger partial charge is 0.463 e. The van der Waals surface area contributed by atoms with Crippen LogP contribution in [-0.4, -0.2) is 68.6 Å². The van der Waals surface area contributed by atoms with Gasteiger partial charge in [0, 0.05) is 13.1 Å². The van der Waals surface area contributed by atoms with Gasteiger partial charge in [0.2, 0.25) is 0 Å². The smallest absolute Gasteiger partial charge is 0.329 e. The van der Waals surface area contributed by atoms with Crippen LogP contribution in [0.3, 0.4) is 0 Å². The average Bonchev–Trinajstić information content (AvgIpc) is 3.17. The quantitative estimate of drug-likeness (QED) is 0.495. The minimum atomic E-state index is -0.164. The van der Waals surface area contributed by atoms with Gasteiger partial charge in [0.25, 0.3) is 0 Å². The predicted molar refractivity (Wildman–Crippen MR) is 132 cm³/mol. The molecule has 9 nitrogen and oxygen atoms in total. The monoisotopic (exact) mass is 459 g/mol. The average molecular weight is 460 g/mol. The second kappa shape index (κ2) is 11.8. The molecule has 0 radical (unpaired) electrons. The van der Waals surface area contributed by atoms with Crippen molar-refractivity contribution in [1.82, 2.24) is 29.3 Å². The van der Waals surface area contributed by atoms with Gasteiger partial charge in [-0.15, -0.1) is 0 Å². The molecule has 2 fully saturated rings. The molecule has 3 N–H and O–H groups in total. The van der Waals surface area contributed by atoms with E-state index in [-0.39, 0.29) is 23.7 Å². The summed E-state index contributed by atoms with van der Waals surface area (Å²) in [6, 6.07) is 0.253. The Hall–Kier alpha value is -2.13. The van der Waals surface area contributed by atoms with Crippen molar-refractivity contribution in [2.24, 2.45) is 0 Å². The van der Waals surface area contributed by atoms with E-state index in [2.05, 4.69) is 31.7 Å². The van der Waals surface area contributed by atoms with Gasteiger partial charge in [-0.05, 0) is 71.0 Å². The molecule has 2 aliphatic rings. The van der Waals surface area contributed by atoms with Crippen LogP contribution in [0, 0.1) is 0 Å². The van der Waals surface area contributed by atoms with Gasteiger partial charge in [-0.3, -0.25) is 9.47 Å². The van der Waals surface area contributed by atoms with Crippen LogP contribution in [0.1, 0.15) is 83.7 Å². The van der Waals surface area contributed by atoms with E-state index >= 15 is 0 Å². The summed E-state index contributed by atoms with van der Waals surface area (Å²) in [6.45, 7) is 8.29. The lowest BCUT2D eigenvalue weighted by Crippen LogP contribution is -2.40. The number of unbranched alkanes of at least 4 members (excludes halogenated alkanes) is 2. The number of nitrogens with zero attached hydrogens (tertiary/aromatic N) is 5. The maximum absolute atomic E-state index is 13.1. The molecule has 2 saturated heterocycles. The van der Waals surface area contributed by atoms with Crippen LogP contribution >= 0.6 is 0 Å². The first-order valence-corrected chi connectivity index (χ1v) is 13.0. The lowest BCUT2D eigenvalue weighted by atomic mass is 10.1. The van der Waals surface area contributed by atoms with Gasteiger partial charge in [-0.25, -0.2) is 4.79 Å². The van der Waals surface area contributed by atoms with Crippen molar-refractivity contribution in [3.05, 3.63) is 10.5 Å². The topological polar surface area (TPSA) is 105 Å². The Kier molecular flexibility index (Phi) is 8.61. The number of nitrogen functional groups attached to an aromatic ring is 1. The van der Waals surface area contributed by atoms with E-state index in [1.807, 2.05) is 4.57 Å². The van der Waals surface area contributed by atoms with Crippen LogP contribution in [0.15, 0.2) is 4.79 Å². The molecule has 4 rings (SSSR count). The zero-order valence-corrected chi connectivity index (χ0v) is 20.2. The Bertz CT molecular complexity index is 929. The van der Waals surface area contributed by atoms with E-state index in [0.717, 1.165) is 51.7 Å². The number of ether oxygens (including phenoxy) is 1. The number of fused-ring (bicyclic) bond motifs is 1. The lowest BCUT2D eigenvalue weighted by molar-refractivity contribution is 0.102. The lowest BCUT2D eigenvalue weighted by Gasteiger charge is -2.35. The van der Waals surface area contributed by atoms with Crippen LogP contribution in [-0.2, 0) is 0 Å². The summed E-state index contributed by atoms with van der Waals surface area (Å²) in [5, 5.41) is 0. The van der Waals surface area contributed by atoms with Gasteiger partial charge < -0.3 is 20.4 Å². The SMILES string of the molecule is CCCCOc1nc(N)c2[nH]c(=O)n(C(CCCCN3CCCCC3)N3CCCCC3)c2n1. The molecule has 184 valence electrons. The van der Waals surface area contributed by atoms with Crippen LogP contribution in [0.4, 0.5) is 5.82 Å². The van der Waals surface area contributed by atoms with E-state index in [0.29, 0.717) is 17.8 Å². The van der Waals surface area contributed by atoms with Crippen molar-refractivity contribution in [3.8, 4) is 6.01 Å². The van der Waals surface area contributed by atoms with Crippen LogP contribution < -0.4 is 16.2 Å². The number of hydrogen-bond acceptors (Lipinski definition) is 7. The number of aromatic amines is 1. The summed E-state index contributed by atoms with van der Waals surface area (Å²) < 4.78 is 7.55. The number of H-pyrrole nitrogens is 1. The van der Waals surface area contributed by atoms with Crippen molar-refractivity contribution in [3.63, 3.8) is 0 Å². The number of nitrogens with one attached hydrogen (secondary N) is 1. The first-order valence-electron chi connectivity index (χ1n) is 13.0. The molecule has 0 bridgehead atoms. The Balaban J connectivity index is 1.54. The van der Waals surface area contributed by atoms with Gasteiger partial charge in [-0.1, -0.05) is 26.2 Å². The molecule has 2 aliphatic heterocycles. The number of likely N-dealkylation sites (tertiary alicyclic amines) is 2. The maximum Gasteiger partial charge on any atom is 0.329 e. The number of piperidine rings is 2. The number of rotatable bonds is 11. The summed E-state index contributed by atoms with van der Waals surface area (Å²) in [7, 11) is 0. The molecule has 1 unspecified atom stereocenters. The van der Waals surface area contributed by atoms with Gasteiger partial charge >= 0.3 is 11.7 Å². The molecular formula is C24H41N7O2. The number of imidazole rings is 1. The Labute approximate surface area is 196 Å². The number of hydrogen-bond donors (Lipinski definition) is 2. The number of aromatic nitrogens is 4. The van der Waals surface area contributed by atoms with Crippen LogP contribution in [0.2, 0.25) is 0 Å². The zero-order valence-electron chi connectivity index (χ0n) is 20.2. The second-order valence-electron chi connectivity index (χ2n) is 9.57. The Morgan fingerprint density at radius 3 is 2.45 bits per heavy atom. The minimum Gasteiger partial charge on any atom is -0.463 e. The molecular weight excluding hydrogens is 418 g/mol. The Morgan fingerprint density at radius 1 is 1.00 bits per heavy atom. The Morgan fingerprint density at radius 2 is 1.73 bits per heavy atom. The van der Waals surface area contributed by atoms with Crippen molar-refractivity contribution >= 4 is 17.0 Å². The highest BCUT2D eigenvalue weighted by Gasteiger charge is 2.27. The summed E-state index contributed by atoms with van der Waals surface area (Å²) in [6.07, 6.45) is 12.7. The van der Waals surface area contributed by atoms with Crippen molar-refractivity contribution in [2.75, 3.05) is 45.1 Å². The van der Waals surface area contributed by atoms with Crippen LogP contribution in [0.25, 0.3) is 11.2 Å². The third kappa shape index (κ3) is 6.06. The van der Waals surface area contributed by atoms with Gasteiger partial charge in [0.05, 0.1) is 12.8 Å². The zero-order chi connectivity index (χ0) is 23.0. The van der Waals surface area contributed by atoms with Crippen molar-refractivity contribution in [1.29, 1.82) is 0 Å². The molecule has 2 aromatic rings. The first-order chi connectivity index (χ1) is 16.2. The van der Waals surface area contributed by atoms with Gasteiger partial charge in [0.15, 0.2) is 11.5 Å². The summed E-state index contributed by atoms with van der Waals surface area (Å²) in [5.74, 6) is 0.268. The molecule has 9 heteroatoms. The van der Waals surface area contributed by atoms with Gasteiger partial charge in [0.1, 0.15) is 5.52 Å². The highest BCUT2D eigenvalue weighted by molar-refractivity contribution is 5.82. The van der Waals surface area contributed by atoms with E-state index in [9.17, 15) is 4.79 Å². The molecule has 1 atom stereocenters. The van der Waals surface area contributed by atoms with E-state index in [4.69, 9.17) is 10.5 Å². The summed E-state index contributed by atoms with van der Waals surface area (Å²) >= 11 is 0. The summed E-state index contributed by atoms with van der Waals surface area (Å²) in [4.78, 5) is 30.0. The van der Waals surface area contributed by atoms with E-state index in [1.165, 1.54) is 51.6 Å². The number of anilines is 1. The third-order valence-electron chi connectivity index (χ3n) is 7.05. The van der Waals surface area contributed by atoms with Crippen molar-refractivity contribution in [2.45, 2.75) is 83.7 Å². The van der Waals surface area contributed by atoms with Gasteiger partial charge in [-0.2, -0.15) is 9.97 Å². The number of nitrogens with two attached hydrogens (primary N) is 1. The molecule has 0 aliphatic carbocycles. The summed E-state index contributed by atoms with van der Waals surface area (Å²) in [5.41, 5.74) is 7.10. The standard InChI is InChI=1S/C24H41N7O2/c1-2-3-18-33-23-27-21(25)20-22(28-23)31(24(32)26-20)19(30-16-9-5-10-17-30)12-6-11-15-29-13-7-4-8-14-29/h19H,2-18H2,1H3,(H,26,32)(H2,25,27,28). The van der Waals surface area contributed by atoms with E-state index in [1.54, 1.807) is 0 Å². The molecule has 0 amide bonds. The van der Waals surface area contributed by atoms with Crippen molar-refractivity contribution < 1.29 is 4.74 Å². The molecule has 0 aromatic carbocycles. The fraction of sp³-hybridized carbons (Fsp3) is 0.792. The fourth-order valence-electron chi connectivity index (χ4n) is 5.19. The fourth-order valence-corrected chi connectivity index (χ4v) is 5.19.